The number of hydrogen-bond donors (Lipinski definition) is 1. The monoisotopic (exact) mass is 220 g/mol. The van der Waals surface area contributed by atoms with Crippen LogP contribution in [-0.2, 0) is 4.79 Å². The van der Waals surface area contributed by atoms with Gasteiger partial charge in [-0.25, -0.2) is 0 Å². The molecule has 0 amide bonds. The van der Waals surface area contributed by atoms with Gasteiger partial charge in [0.15, 0.2) is 5.78 Å². The molecule has 0 saturated carbocycles. The van der Waals surface area contributed by atoms with E-state index in [4.69, 9.17) is 0 Å². The van der Waals surface area contributed by atoms with Crippen molar-refractivity contribution in [2.45, 2.75) is 33.7 Å². The van der Waals surface area contributed by atoms with Crippen LogP contribution in [0.4, 0.5) is 5.69 Å². The topological polar surface area (TPSA) is 42.0 Å². The minimum atomic E-state index is -0.135. The van der Waals surface area contributed by atoms with Gasteiger partial charge in [0.1, 0.15) is 0 Å². The van der Waals surface area contributed by atoms with Gasteiger partial charge >= 0.3 is 0 Å². The molecule has 0 aromatic carbocycles. The van der Waals surface area contributed by atoms with E-state index in [2.05, 4.69) is 10.3 Å². The molecular weight excluding hydrogens is 200 g/mol. The average molecular weight is 220 g/mol. The Morgan fingerprint density at radius 2 is 2.00 bits per heavy atom. The number of Topliss-reactive ketones (excluding diaryl/α,β-unsaturated/α-hetero) is 1. The van der Waals surface area contributed by atoms with Crippen LogP contribution < -0.4 is 5.32 Å². The number of hydrogen-bond acceptors (Lipinski definition) is 3. The summed E-state index contributed by atoms with van der Waals surface area (Å²) in [7, 11) is 0. The van der Waals surface area contributed by atoms with Gasteiger partial charge in [-0.15, -0.1) is 0 Å². The number of rotatable bonds is 5. The van der Waals surface area contributed by atoms with Gasteiger partial charge in [-0.2, -0.15) is 0 Å². The molecule has 0 saturated heterocycles. The normalized spacial score (nSPS) is 12.9. The first kappa shape index (κ1) is 12.7. The summed E-state index contributed by atoms with van der Waals surface area (Å²) in [6, 6.07) is 3.65. The summed E-state index contributed by atoms with van der Waals surface area (Å²) in [5.41, 5.74) is 0.898. The summed E-state index contributed by atoms with van der Waals surface area (Å²) in [6.07, 6.45) is 3.46. The zero-order chi connectivity index (χ0) is 12.1. The van der Waals surface area contributed by atoms with E-state index in [0.717, 1.165) is 5.69 Å². The zero-order valence-corrected chi connectivity index (χ0v) is 10.4. The standard InChI is InChI=1S/C13H20N2O/c1-9(2)12(13(16)10(3)4)15-11-6-5-7-14-8-11/h5-10,12,15H,1-4H3. The smallest absolute Gasteiger partial charge is 0.157 e. The molecule has 1 aromatic rings. The van der Waals surface area contributed by atoms with E-state index < -0.39 is 0 Å². The van der Waals surface area contributed by atoms with E-state index in [9.17, 15) is 4.79 Å². The SMILES string of the molecule is CC(C)C(=O)C(Nc1cccnc1)C(C)C. The highest BCUT2D eigenvalue weighted by atomic mass is 16.1. The number of carbonyl (C=O) groups excluding carboxylic acids is 1. The van der Waals surface area contributed by atoms with Crippen LogP contribution in [0.1, 0.15) is 27.7 Å². The van der Waals surface area contributed by atoms with Gasteiger partial charge in [0.05, 0.1) is 11.7 Å². The molecule has 1 unspecified atom stereocenters. The van der Waals surface area contributed by atoms with Gasteiger partial charge in [-0.3, -0.25) is 9.78 Å². The molecule has 3 nitrogen and oxygen atoms in total. The van der Waals surface area contributed by atoms with Gasteiger partial charge in [-0.05, 0) is 18.1 Å². The minimum Gasteiger partial charge on any atom is -0.374 e. The fourth-order valence-corrected chi connectivity index (χ4v) is 1.55. The molecule has 0 radical (unpaired) electrons. The van der Waals surface area contributed by atoms with Gasteiger partial charge < -0.3 is 5.32 Å². The van der Waals surface area contributed by atoms with Crippen molar-refractivity contribution >= 4 is 11.5 Å². The van der Waals surface area contributed by atoms with Crippen LogP contribution in [0.5, 0.6) is 0 Å². The molecule has 0 aliphatic rings. The van der Waals surface area contributed by atoms with Crippen molar-refractivity contribution in [3.8, 4) is 0 Å². The summed E-state index contributed by atoms with van der Waals surface area (Å²) in [5, 5.41) is 3.25. The largest absolute Gasteiger partial charge is 0.374 e. The number of nitrogens with zero attached hydrogens (tertiary/aromatic N) is 1. The molecule has 88 valence electrons. The van der Waals surface area contributed by atoms with Crippen LogP contribution in [-0.4, -0.2) is 16.8 Å². The first-order valence-corrected chi connectivity index (χ1v) is 5.72. The maximum absolute atomic E-state index is 12.0. The number of anilines is 1. The first-order valence-electron chi connectivity index (χ1n) is 5.72. The Hall–Kier alpha value is -1.38. The summed E-state index contributed by atoms with van der Waals surface area (Å²) in [4.78, 5) is 16.0. The number of ketones is 1. The molecule has 1 aromatic heterocycles. The summed E-state index contributed by atoms with van der Waals surface area (Å²) >= 11 is 0. The lowest BCUT2D eigenvalue weighted by Crippen LogP contribution is -2.37. The van der Waals surface area contributed by atoms with Crippen molar-refractivity contribution in [1.82, 2.24) is 4.98 Å². The van der Waals surface area contributed by atoms with Crippen LogP contribution in [0.2, 0.25) is 0 Å². The molecule has 0 spiro atoms. The van der Waals surface area contributed by atoms with E-state index in [0.29, 0.717) is 0 Å². The van der Waals surface area contributed by atoms with Gasteiger partial charge in [-0.1, -0.05) is 27.7 Å². The molecule has 3 heteroatoms. The Kier molecular flexibility index (Phi) is 4.47. The van der Waals surface area contributed by atoms with Crippen LogP contribution in [0.25, 0.3) is 0 Å². The van der Waals surface area contributed by atoms with Crippen molar-refractivity contribution in [2.75, 3.05) is 5.32 Å². The van der Waals surface area contributed by atoms with E-state index in [-0.39, 0.29) is 23.7 Å². The second-order valence-corrected chi connectivity index (χ2v) is 4.66. The predicted octanol–water partition coefficient (Wildman–Crippen LogP) is 2.74. The predicted molar refractivity (Wildman–Crippen MR) is 66.3 cm³/mol. The van der Waals surface area contributed by atoms with E-state index in [1.165, 1.54) is 0 Å². The fourth-order valence-electron chi connectivity index (χ4n) is 1.55. The molecule has 1 rings (SSSR count). The molecule has 0 aliphatic carbocycles. The van der Waals surface area contributed by atoms with E-state index in [1.807, 2.05) is 39.8 Å². The first-order chi connectivity index (χ1) is 7.52. The van der Waals surface area contributed by atoms with Gasteiger partial charge in [0.2, 0.25) is 0 Å². The molecule has 0 bridgehead atoms. The molecule has 1 atom stereocenters. The van der Waals surface area contributed by atoms with Crippen LogP contribution in [0.15, 0.2) is 24.5 Å². The molecule has 0 aliphatic heterocycles. The minimum absolute atomic E-state index is 0.0524. The molecule has 16 heavy (non-hydrogen) atoms. The quantitative estimate of drug-likeness (QED) is 0.829. The van der Waals surface area contributed by atoms with Gasteiger partial charge in [0.25, 0.3) is 0 Å². The lowest BCUT2D eigenvalue weighted by atomic mass is 9.93. The van der Waals surface area contributed by atoms with E-state index in [1.54, 1.807) is 12.4 Å². The Morgan fingerprint density at radius 1 is 1.31 bits per heavy atom. The summed E-state index contributed by atoms with van der Waals surface area (Å²) in [6.45, 7) is 7.97. The average Bonchev–Trinajstić information content (AvgIpc) is 2.26. The van der Waals surface area contributed by atoms with Crippen LogP contribution in [0, 0.1) is 11.8 Å². The maximum atomic E-state index is 12.0. The van der Waals surface area contributed by atoms with Crippen molar-refractivity contribution in [3.05, 3.63) is 24.5 Å². The lowest BCUT2D eigenvalue weighted by Gasteiger charge is -2.23. The highest BCUT2D eigenvalue weighted by molar-refractivity contribution is 5.88. The van der Waals surface area contributed by atoms with Crippen molar-refractivity contribution in [1.29, 1.82) is 0 Å². The van der Waals surface area contributed by atoms with Crippen molar-refractivity contribution in [2.24, 2.45) is 11.8 Å². The second-order valence-electron chi connectivity index (χ2n) is 4.66. The van der Waals surface area contributed by atoms with Crippen molar-refractivity contribution in [3.63, 3.8) is 0 Å². The Morgan fingerprint density at radius 3 is 2.44 bits per heavy atom. The number of carbonyl (C=O) groups is 1. The summed E-state index contributed by atoms with van der Waals surface area (Å²) < 4.78 is 0. The third-order valence-corrected chi connectivity index (χ3v) is 2.53. The fraction of sp³-hybridized carbons (Fsp3) is 0.538. The molecule has 0 fully saturated rings. The van der Waals surface area contributed by atoms with Crippen molar-refractivity contribution < 1.29 is 4.79 Å². The molecular formula is C13H20N2O. The highest BCUT2D eigenvalue weighted by Crippen LogP contribution is 2.15. The number of pyridine rings is 1. The van der Waals surface area contributed by atoms with Gasteiger partial charge in [0, 0.05) is 18.3 Å². The zero-order valence-electron chi connectivity index (χ0n) is 10.4. The lowest BCUT2D eigenvalue weighted by molar-refractivity contribution is -0.123. The van der Waals surface area contributed by atoms with E-state index >= 15 is 0 Å². The number of nitrogens with one attached hydrogen (secondary N) is 1. The number of aromatic nitrogens is 1. The Bertz CT molecular complexity index is 333. The third kappa shape index (κ3) is 3.33. The highest BCUT2D eigenvalue weighted by Gasteiger charge is 2.23. The second kappa shape index (κ2) is 5.64. The Balaban J connectivity index is 2.77. The molecule has 1 heterocycles. The maximum Gasteiger partial charge on any atom is 0.157 e. The van der Waals surface area contributed by atoms with Crippen LogP contribution >= 0.6 is 0 Å². The van der Waals surface area contributed by atoms with Crippen LogP contribution in [0.3, 0.4) is 0 Å². The third-order valence-electron chi connectivity index (χ3n) is 2.53. The molecule has 1 N–H and O–H groups in total. The Labute approximate surface area is 97.3 Å². The summed E-state index contributed by atoms with van der Waals surface area (Å²) in [5.74, 6) is 0.575.